The Kier molecular flexibility index (Phi) is 3.22. The SMILES string of the molecule is O=C(NO)c1cc(F)c2c(c1)CN(C1COC1)CC2. The van der Waals surface area contributed by atoms with E-state index in [-0.39, 0.29) is 11.4 Å². The van der Waals surface area contributed by atoms with Crippen LogP contribution in [0.3, 0.4) is 0 Å². The van der Waals surface area contributed by atoms with Gasteiger partial charge in [0.1, 0.15) is 5.82 Å². The third-order valence-corrected chi connectivity index (χ3v) is 3.81. The molecule has 19 heavy (non-hydrogen) atoms. The number of fused-ring (bicyclic) bond motifs is 1. The Morgan fingerprint density at radius 3 is 2.89 bits per heavy atom. The average molecular weight is 266 g/mol. The zero-order valence-electron chi connectivity index (χ0n) is 10.4. The number of rotatable bonds is 2. The summed E-state index contributed by atoms with van der Waals surface area (Å²) in [6.07, 6.45) is 0.638. The average Bonchev–Trinajstić information content (AvgIpc) is 2.35. The molecular formula is C13H15FN2O3. The number of ether oxygens (including phenoxy) is 1. The van der Waals surface area contributed by atoms with Crippen molar-refractivity contribution in [1.82, 2.24) is 10.4 Å². The molecule has 2 N–H and O–H groups in total. The minimum Gasteiger partial charge on any atom is -0.378 e. The predicted molar refractivity (Wildman–Crippen MR) is 64.4 cm³/mol. The van der Waals surface area contributed by atoms with Crippen molar-refractivity contribution in [1.29, 1.82) is 0 Å². The van der Waals surface area contributed by atoms with Crippen molar-refractivity contribution in [3.05, 3.63) is 34.6 Å². The van der Waals surface area contributed by atoms with E-state index in [0.717, 1.165) is 12.1 Å². The smallest absolute Gasteiger partial charge is 0.274 e. The lowest BCUT2D eigenvalue weighted by atomic mass is 9.95. The molecule has 102 valence electrons. The maximum atomic E-state index is 13.9. The Morgan fingerprint density at radius 2 is 2.26 bits per heavy atom. The van der Waals surface area contributed by atoms with Crippen LogP contribution in [0.1, 0.15) is 21.5 Å². The van der Waals surface area contributed by atoms with E-state index in [9.17, 15) is 9.18 Å². The number of nitrogens with one attached hydrogen (secondary N) is 1. The third kappa shape index (κ3) is 2.22. The summed E-state index contributed by atoms with van der Waals surface area (Å²) in [5.74, 6) is -1.06. The zero-order chi connectivity index (χ0) is 13.4. The molecule has 0 saturated carbocycles. The minimum atomic E-state index is -0.689. The standard InChI is InChI=1S/C13H15FN2O3/c14-12-4-8(13(17)15-18)3-9-5-16(2-1-11(9)12)10-6-19-7-10/h3-4,10,18H,1-2,5-7H2,(H,15,17). The summed E-state index contributed by atoms with van der Waals surface area (Å²) in [6.45, 7) is 2.86. The Balaban J connectivity index is 1.88. The molecule has 1 amide bonds. The van der Waals surface area contributed by atoms with Crippen LogP contribution < -0.4 is 5.48 Å². The molecule has 0 spiro atoms. The summed E-state index contributed by atoms with van der Waals surface area (Å²) in [7, 11) is 0. The van der Waals surface area contributed by atoms with Crippen LogP contribution in [0.5, 0.6) is 0 Å². The number of nitrogens with zero attached hydrogens (tertiary/aromatic N) is 1. The van der Waals surface area contributed by atoms with E-state index in [1.165, 1.54) is 11.5 Å². The highest BCUT2D eigenvalue weighted by molar-refractivity contribution is 5.93. The van der Waals surface area contributed by atoms with Crippen molar-refractivity contribution in [3.8, 4) is 0 Å². The fourth-order valence-corrected chi connectivity index (χ4v) is 2.61. The van der Waals surface area contributed by atoms with E-state index in [1.807, 2.05) is 0 Å². The highest BCUT2D eigenvalue weighted by Gasteiger charge is 2.30. The van der Waals surface area contributed by atoms with Gasteiger partial charge in [-0.05, 0) is 29.7 Å². The van der Waals surface area contributed by atoms with Gasteiger partial charge in [0, 0.05) is 18.7 Å². The molecule has 2 aliphatic heterocycles. The van der Waals surface area contributed by atoms with Gasteiger partial charge in [0.15, 0.2) is 0 Å². The highest BCUT2D eigenvalue weighted by Crippen LogP contribution is 2.26. The molecule has 0 bridgehead atoms. The summed E-state index contributed by atoms with van der Waals surface area (Å²) >= 11 is 0. The van der Waals surface area contributed by atoms with Crippen LogP contribution >= 0.6 is 0 Å². The fraction of sp³-hybridized carbons (Fsp3) is 0.462. The van der Waals surface area contributed by atoms with Gasteiger partial charge < -0.3 is 4.74 Å². The number of carbonyl (C=O) groups excluding carboxylic acids is 1. The first-order chi connectivity index (χ1) is 9.19. The molecule has 0 radical (unpaired) electrons. The molecule has 2 heterocycles. The van der Waals surface area contributed by atoms with Gasteiger partial charge in [0.25, 0.3) is 5.91 Å². The van der Waals surface area contributed by atoms with Crippen molar-refractivity contribution in [2.24, 2.45) is 0 Å². The Labute approximate surface area is 109 Å². The van der Waals surface area contributed by atoms with Crippen LogP contribution in [-0.4, -0.2) is 41.8 Å². The molecule has 3 rings (SSSR count). The fourth-order valence-electron chi connectivity index (χ4n) is 2.61. The predicted octanol–water partition coefficient (Wildman–Crippen LogP) is 0.702. The van der Waals surface area contributed by atoms with E-state index < -0.39 is 5.91 Å². The normalized spacial score (nSPS) is 19.7. The monoisotopic (exact) mass is 266 g/mol. The Morgan fingerprint density at radius 1 is 1.47 bits per heavy atom. The third-order valence-electron chi connectivity index (χ3n) is 3.81. The van der Waals surface area contributed by atoms with E-state index in [2.05, 4.69) is 4.90 Å². The lowest BCUT2D eigenvalue weighted by molar-refractivity contribution is -0.0696. The second-order valence-corrected chi connectivity index (χ2v) is 4.95. The molecule has 1 fully saturated rings. The highest BCUT2D eigenvalue weighted by atomic mass is 19.1. The molecule has 0 aromatic heterocycles. The van der Waals surface area contributed by atoms with Crippen molar-refractivity contribution in [2.75, 3.05) is 19.8 Å². The molecule has 0 aliphatic carbocycles. The van der Waals surface area contributed by atoms with E-state index in [1.54, 1.807) is 6.07 Å². The van der Waals surface area contributed by atoms with Crippen molar-refractivity contribution in [2.45, 2.75) is 19.0 Å². The van der Waals surface area contributed by atoms with Crippen LogP contribution in [0.25, 0.3) is 0 Å². The second kappa shape index (κ2) is 4.88. The number of benzene rings is 1. The molecule has 6 heteroatoms. The summed E-state index contributed by atoms with van der Waals surface area (Å²) in [4.78, 5) is 13.6. The number of carbonyl (C=O) groups is 1. The van der Waals surface area contributed by atoms with Gasteiger partial charge in [-0.25, -0.2) is 9.87 Å². The van der Waals surface area contributed by atoms with Crippen LogP contribution in [0.4, 0.5) is 4.39 Å². The van der Waals surface area contributed by atoms with Gasteiger partial charge in [-0.3, -0.25) is 14.9 Å². The first-order valence-electron chi connectivity index (χ1n) is 6.26. The first-order valence-corrected chi connectivity index (χ1v) is 6.26. The van der Waals surface area contributed by atoms with Crippen molar-refractivity contribution >= 4 is 5.91 Å². The Hall–Kier alpha value is -1.50. The van der Waals surface area contributed by atoms with E-state index in [4.69, 9.17) is 9.94 Å². The van der Waals surface area contributed by atoms with Gasteiger partial charge >= 0.3 is 0 Å². The summed E-state index contributed by atoms with van der Waals surface area (Å²) in [5, 5.41) is 8.62. The molecule has 0 unspecified atom stereocenters. The molecule has 5 nitrogen and oxygen atoms in total. The van der Waals surface area contributed by atoms with Gasteiger partial charge in [-0.1, -0.05) is 0 Å². The lowest BCUT2D eigenvalue weighted by Gasteiger charge is -2.40. The molecule has 0 atom stereocenters. The van der Waals surface area contributed by atoms with Crippen LogP contribution in [-0.2, 0) is 17.7 Å². The van der Waals surface area contributed by atoms with Gasteiger partial charge in [0.2, 0.25) is 0 Å². The van der Waals surface area contributed by atoms with Gasteiger partial charge in [-0.15, -0.1) is 0 Å². The van der Waals surface area contributed by atoms with Crippen LogP contribution in [0.15, 0.2) is 12.1 Å². The van der Waals surface area contributed by atoms with E-state index >= 15 is 0 Å². The molecule has 1 aromatic rings. The maximum Gasteiger partial charge on any atom is 0.274 e. The first kappa shape index (κ1) is 12.5. The maximum absolute atomic E-state index is 13.9. The number of amides is 1. The summed E-state index contributed by atoms with van der Waals surface area (Å²) in [6, 6.07) is 3.22. The number of hydroxylamine groups is 1. The number of hydrogen-bond donors (Lipinski definition) is 2. The topological polar surface area (TPSA) is 61.8 Å². The van der Waals surface area contributed by atoms with Crippen LogP contribution in [0.2, 0.25) is 0 Å². The summed E-state index contributed by atoms with van der Waals surface area (Å²) < 4.78 is 19.1. The van der Waals surface area contributed by atoms with Gasteiger partial charge in [0.05, 0.1) is 19.3 Å². The minimum absolute atomic E-state index is 0.144. The zero-order valence-corrected chi connectivity index (χ0v) is 10.4. The van der Waals surface area contributed by atoms with Crippen molar-refractivity contribution < 1.29 is 19.1 Å². The molecular weight excluding hydrogens is 251 g/mol. The molecule has 2 aliphatic rings. The van der Waals surface area contributed by atoms with Crippen molar-refractivity contribution in [3.63, 3.8) is 0 Å². The van der Waals surface area contributed by atoms with Crippen LogP contribution in [0, 0.1) is 5.82 Å². The molecule has 1 saturated heterocycles. The quantitative estimate of drug-likeness (QED) is 0.611. The second-order valence-electron chi connectivity index (χ2n) is 4.95. The largest absolute Gasteiger partial charge is 0.378 e. The molecule has 1 aromatic carbocycles. The van der Waals surface area contributed by atoms with E-state index in [0.29, 0.717) is 37.8 Å². The lowest BCUT2D eigenvalue weighted by Crippen LogP contribution is -2.50. The number of hydrogen-bond acceptors (Lipinski definition) is 4. The van der Waals surface area contributed by atoms with Gasteiger partial charge in [-0.2, -0.15) is 0 Å². The Bertz CT molecular complexity index is 517. The summed E-state index contributed by atoms with van der Waals surface area (Å²) in [5.41, 5.74) is 3.16. The number of halogens is 1.